The Labute approximate surface area is 111 Å². The molecule has 0 bridgehead atoms. The van der Waals surface area contributed by atoms with Gasteiger partial charge in [-0.05, 0) is 25.0 Å². The van der Waals surface area contributed by atoms with Crippen molar-refractivity contribution < 1.29 is 17.9 Å². The fourth-order valence-corrected chi connectivity index (χ4v) is 2.36. The van der Waals surface area contributed by atoms with E-state index in [0.717, 1.165) is 24.7 Å². The molecule has 106 valence electrons. The number of rotatable bonds is 3. The third-order valence-electron chi connectivity index (χ3n) is 3.45. The highest BCUT2D eigenvalue weighted by Crippen LogP contribution is 2.29. The van der Waals surface area contributed by atoms with E-state index in [1.165, 1.54) is 12.1 Å². The lowest BCUT2D eigenvalue weighted by Gasteiger charge is -2.32. The Morgan fingerprint density at radius 2 is 1.95 bits per heavy atom. The normalized spacial score (nSPS) is 19.4. The van der Waals surface area contributed by atoms with E-state index in [1.807, 2.05) is 6.92 Å². The maximum Gasteiger partial charge on any atom is 0.416 e. The lowest BCUT2D eigenvalue weighted by molar-refractivity contribution is -0.137. The largest absolute Gasteiger partial charge is 0.416 e. The van der Waals surface area contributed by atoms with Crippen molar-refractivity contribution in [3.8, 4) is 0 Å². The van der Waals surface area contributed by atoms with Gasteiger partial charge >= 0.3 is 6.18 Å². The molecule has 1 aromatic rings. The summed E-state index contributed by atoms with van der Waals surface area (Å²) in [6.45, 7) is 5.14. The van der Waals surface area contributed by atoms with Gasteiger partial charge in [-0.1, -0.05) is 18.2 Å². The summed E-state index contributed by atoms with van der Waals surface area (Å²) in [6, 6.07) is 5.82. The lowest BCUT2D eigenvalue weighted by atomic mass is 10.0. The van der Waals surface area contributed by atoms with E-state index in [1.54, 1.807) is 6.07 Å². The molecule has 0 saturated carbocycles. The first-order valence-corrected chi connectivity index (χ1v) is 6.45. The predicted octanol–water partition coefficient (Wildman–Crippen LogP) is 2.97. The Morgan fingerprint density at radius 1 is 1.26 bits per heavy atom. The standard InChI is InChI=1S/C14H18F3NO/c1-11(18-5-7-19-8-6-18)9-12-3-2-4-13(10-12)14(15,16)17/h2-4,10-11H,5-9H2,1H3/t11-/m0/s1. The molecule has 0 amide bonds. The van der Waals surface area contributed by atoms with Gasteiger partial charge in [-0.2, -0.15) is 13.2 Å². The number of benzene rings is 1. The summed E-state index contributed by atoms with van der Waals surface area (Å²) in [5.41, 5.74) is 0.160. The van der Waals surface area contributed by atoms with E-state index in [9.17, 15) is 13.2 Å². The molecule has 19 heavy (non-hydrogen) atoms. The molecule has 0 radical (unpaired) electrons. The number of ether oxygens (including phenoxy) is 1. The highest BCUT2D eigenvalue weighted by Gasteiger charge is 2.30. The summed E-state index contributed by atoms with van der Waals surface area (Å²) >= 11 is 0. The molecule has 1 atom stereocenters. The minimum absolute atomic E-state index is 0.229. The molecule has 0 N–H and O–H groups in total. The first kappa shape index (κ1) is 14.3. The molecular formula is C14H18F3NO. The van der Waals surface area contributed by atoms with Crippen molar-refractivity contribution in [1.82, 2.24) is 4.90 Å². The molecule has 1 aliphatic rings. The van der Waals surface area contributed by atoms with Crippen molar-refractivity contribution in [2.75, 3.05) is 26.3 Å². The SMILES string of the molecule is C[C@@H](Cc1cccc(C(F)(F)F)c1)N1CCOCC1. The summed E-state index contributed by atoms with van der Waals surface area (Å²) in [4.78, 5) is 2.25. The van der Waals surface area contributed by atoms with Gasteiger partial charge in [0.2, 0.25) is 0 Å². The molecule has 2 rings (SSSR count). The molecule has 0 aromatic heterocycles. The molecule has 1 aromatic carbocycles. The first-order chi connectivity index (χ1) is 8.97. The van der Waals surface area contributed by atoms with Crippen LogP contribution in [0.15, 0.2) is 24.3 Å². The Kier molecular flexibility index (Phi) is 4.47. The molecule has 0 spiro atoms. The second kappa shape index (κ2) is 5.92. The molecule has 5 heteroatoms. The zero-order valence-corrected chi connectivity index (χ0v) is 10.9. The Morgan fingerprint density at radius 3 is 2.58 bits per heavy atom. The highest BCUT2D eigenvalue weighted by atomic mass is 19.4. The molecule has 2 nitrogen and oxygen atoms in total. The zero-order valence-electron chi connectivity index (χ0n) is 10.9. The molecule has 0 aliphatic carbocycles. The monoisotopic (exact) mass is 273 g/mol. The highest BCUT2D eigenvalue weighted by molar-refractivity contribution is 5.26. The Hall–Kier alpha value is -1.07. The maximum atomic E-state index is 12.6. The first-order valence-electron chi connectivity index (χ1n) is 6.45. The molecule has 1 heterocycles. The van der Waals surface area contributed by atoms with E-state index in [4.69, 9.17) is 4.74 Å². The summed E-state index contributed by atoms with van der Waals surface area (Å²) in [5.74, 6) is 0. The smallest absolute Gasteiger partial charge is 0.379 e. The number of halogens is 3. The summed E-state index contributed by atoms with van der Waals surface area (Å²) < 4.78 is 43.2. The van der Waals surface area contributed by atoms with Gasteiger partial charge < -0.3 is 4.74 Å². The fourth-order valence-electron chi connectivity index (χ4n) is 2.36. The van der Waals surface area contributed by atoms with Crippen LogP contribution in [0.5, 0.6) is 0 Å². The number of nitrogens with zero attached hydrogens (tertiary/aromatic N) is 1. The topological polar surface area (TPSA) is 12.5 Å². The van der Waals surface area contributed by atoms with Gasteiger partial charge in [0.15, 0.2) is 0 Å². The van der Waals surface area contributed by atoms with E-state index in [-0.39, 0.29) is 6.04 Å². The molecule has 1 aliphatic heterocycles. The van der Waals surface area contributed by atoms with Gasteiger partial charge in [-0.25, -0.2) is 0 Å². The Balaban J connectivity index is 2.02. The minimum atomic E-state index is -4.27. The van der Waals surface area contributed by atoms with Crippen molar-refractivity contribution in [3.05, 3.63) is 35.4 Å². The molecule has 0 unspecified atom stereocenters. The summed E-state index contributed by atoms with van der Waals surface area (Å²) in [7, 11) is 0. The van der Waals surface area contributed by atoms with E-state index in [0.29, 0.717) is 19.6 Å². The number of hydrogen-bond acceptors (Lipinski definition) is 2. The van der Waals surface area contributed by atoms with Gasteiger partial charge in [0.1, 0.15) is 0 Å². The third kappa shape index (κ3) is 3.94. The van der Waals surface area contributed by atoms with E-state index < -0.39 is 11.7 Å². The maximum absolute atomic E-state index is 12.6. The van der Waals surface area contributed by atoms with Crippen LogP contribution in [0.4, 0.5) is 13.2 Å². The lowest BCUT2D eigenvalue weighted by Crippen LogP contribution is -2.43. The second-order valence-corrected chi connectivity index (χ2v) is 4.90. The molecule has 1 fully saturated rings. The third-order valence-corrected chi connectivity index (χ3v) is 3.45. The van der Waals surface area contributed by atoms with Gasteiger partial charge in [-0.3, -0.25) is 4.90 Å². The summed E-state index contributed by atoms with van der Waals surface area (Å²) in [6.07, 6.45) is -3.64. The molecular weight excluding hydrogens is 255 g/mol. The van der Waals surface area contributed by atoms with Crippen LogP contribution >= 0.6 is 0 Å². The van der Waals surface area contributed by atoms with E-state index >= 15 is 0 Å². The number of hydrogen-bond donors (Lipinski definition) is 0. The van der Waals surface area contributed by atoms with Crippen LogP contribution in [0, 0.1) is 0 Å². The van der Waals surface area contributed by atoms with Crippen LogP contribution in [0.1, 0.15) is 18.1 Å². The average molecular weight is 273 g/mol. The van der Waals surface area contributed by atoms with Crippen LogP contribution in [-0.4, -0.2) is 37.2 Å². The average Bonchev–Trinajstić information content (AvgIpc) is 2.39. The van der Waals surface area contributed by atoms with Gasteiger partial charge in [-0.15, -0.1) is 0 Å². The van der Waals surface area contributed by atoms with Gasteiger partial charge in [0.25, 0.3) is 0 Å². The van der Waals surface area contributed by atoms with Gasteiger partial charge in [0.05, 0.1) is 18.8 Å². The van der Waals surface area contributed by atoms with E-state index in [2.05, 4.69) is 4.90 Å². The van der Waals surface area contributed by atoms with Crippen molar-refractivity contribution in [2.24, 2.45) is 0 Å². The van der Waals surface area contributed by atoms with Crippen molar-refractivity contribution in [1.29, 1.82) is 0 Å². The van der Waals surface area contributed by atoms with Crippen LogP contribution in [0.2, 0.25) is 0 Å². The number of alkyl halides is 3. The second-order valence-electron chi connectivity index (χ2n) is 4.90. The van der Waals surface area contributed by atoms with Crippen molar-refractivity contribution in [3.63, 3.8) is 0 Å². The van der Waals surface area contributed by atoms with Crippen LogP contribution in [0.3, 0.4) is 0 Å². The minimum Gasteiger partial charge on any atom is -0.379 e. The van der Waals surface area contributed by atoms with Crippen molar-refractivity contribution >= 4 is 0 Å². The van der Waals surface area contributed by atoms with Crippen LogP contribution in [-0.2, 0) is 17.3 Å². The number of morpholine rings is 1. The fraction of sp³-hybridized carbons (Fsp3) is 0.571. The van der Waals surface area contributed by atoms with Crippen LogP contribution < -0.4 is 0 Å². The van der Waals surface area contributed by atoms with Gasteiger partial charge in [0, 0.05) is 19.1 Å². The Bertz CT molecular complexity index is 413. The zero-order chi connectivity index (χ0) is 13.9. The van der Waals surface area contributed by atoms with Crippen molar-refractivity contribution in [2.45, 2.75) is 25.6 Å². The molecule has 1 saturated heterocycles. The quantitative estimate of drug-likeness (QED) is 0.839. The predicted molar refractivity (Wildman–Crippen MR) is 67.0 cm³/mol. The van der Waals surface area contributed by atoms with Crippen LogP contribution in [0.25, 0.3) is 0 Å². The summed E-state index contributed by atoms with van der Waals surface area (Å²) in [5, 5.41) is 0.